The molecule has 1 unspecified atom stereocenters. The highest BCUT2D eigenvalue weighted by atomic mass is 35.5. The van der Waals surface area contributed by atoms with E-state index in [9.17, 15) is 4.79 Å². The molecule has 1 atom stereocenters. The van der Waals surface area contributed by atoms with Crippen molar-refractivity contribution in [3.63, 3.8) is 0 Å². The fourth-order valence-corrected chi connectivity index (χ4v) is 2.64. The zero-order chi connectivity index (χ0) is 15.6. The Kier molecular flexibility index (Phi) is 4.76. The maximum atomic E-state index is 11.2. The first-order valence-electron chi connectivity index (χ1n) is 6.44. The highest BCUT2D eigenvalue weighted by Crippen LogP contribution is 2.30. The summed E-state index contributed by atoms with van der Waals surface area (Å²) in [5.41, 5.74) is 2.60. The van der Waals surface area contributed by atoms with E-state index in [-0.39, 0.29) is 11.6 Å². The van der Waals surface area contributed by atoms with E-state index >= 15 is 0 Å². The molecule has 0 fully saturated rings. The number of carboxylic acid groups (broad SMARTS) is 1. The second-order valence-electron chi connectivity index (χ2n) is 4.82. The number of carboxylic acids is 1. The minimum atomic E-state index is -0.940. The number of anilines is 1. The van der Waals surface area contributed by atoms with Gasteiger partial charge >= 0.3 is 5.97 Å². The number of aromatic carboxylic acids is 1. The fourth-order valence-electron chi connectivity index (χ4n) is 2.18. The molecular weight excluding hydrogens is 309 g/mol. The third-order valence-electron chi connectivity index (χ3n) is 3.36. The van der Waals surface area contributed by atoms with Crippen LogP contribution in [0.4, 0.5) is 5.69 Å². The van der Waals surface area contributed by atoms with Gasteiger partial charge in [-0.25, -0.2) is 4.79 Å². The van der Waals surface area contributed by atoms with Crippen LogP contribution in [0.25, 0.3) is 0 Å². The molecule has 0 heterocycles. The molecule has 0 amide bonds. The van der Waals surface area contributed by atoms with Gasteiger partial charge in [0.15, 0.2) is 0 Å². The van der Waals surface area contributed by atoms with Crippen molar-refractivity contribution in [2.75, 3.05) is 5.32 Å². The van der Waals surface area contributed by atoms with E-state index in [0.29, 0.717) is 15.6 Å². The van der Waals surface area contributed by atoms with Crippen LogP contribution in [0.15, 0.2) is 36.4 Å². The Balaban J connectivity index is 2.32. The molecule has 0 spiro atoms. The Morgan fingerprint density at radius 3 is 2.62 bits per heavy atom. The minimum Gasteiger partial charge on any atom is -0.478 e. The van der Waals surface area contributed by atoms with Gasteiger partial charge in [0.25, 0.3) is 0 Å². The summed E-state index contributed by atoms with van der Waals surface area (Å²) in [4.78, 5) is 11.2. The van der Waals surface area contributed by atoms with Gasteiger partial charge in [0.2, 0.25) is 0 Å². The van der Waals surface area contributed by atoms with Gasteiger partial charge in [-0.1, -0.05) is 29.3 Å². The van der Waals surface area contributed by atoms with E-state index in [1.165, 1.54) is 0 Å². The van der Waals surface area contributed by atoms with Crippen molar-refractivity contribution >= 4 is 34.9 Å². The topological polar surface area (TPSA) is 49.3 Å². The Hall–Kier alpha value is -1.71. The largest absolute Gasteiger partial charge is 0.478 e. The summed E-state index contributed by atoms with van der Waals surface area (Å²) < 4.78 is 0. The molecule has 0 bridgehead atoms. The van der Waals surface area contributed by atoms with Gasteiger partial charge in [-0.15, -0.1) is 0 Å². The van der Waals surface area contributed by atoms with E-state index in [1.807, 2.05) is 13.0 Å². The quantitative estimate of drug-likeness (QED) is 0.815. The second-order valence-corrected chi connectivity index (χ2v) is 5.66. The zero-order valence-electron chi connectivity index (χ0n) is 11.7. The lowest BCUT2D eigenvalue weighted by Crippen LogP contribution is -2.10. The van der Waals surface area contributed by atoms with Crippen molar-refractivity contribution in [2.24, 2.45) is 0 Å². The van der Waals surface area contributed by atoms with E-state index in [1.54, 1.807) is 37.3 Å². The molecule has 2 aromatic rings. The summed E-state index contributed by atoms with van der Waals surface area (Å²) in [5.74, 6) is -0.940. The Morgan fingerprint density at radius 2 is 1.95 bits per heavy atom. The van der Waals surface area contributed by atoms with Crippen molar-refractivity contribution in [1.29, 1.82) is 0 Å². The Bertz CT molecular complexity index is 686. The summed E-state index contributed by atoms with van der Waals surface area (Å²) in [5, 5.41) is 13.7. The summed E-state index contributed by atoms with van der Waals surface area (Å²) >= 11 is 12.2. The molecule has 0 aliphatic heterocycles. The lowest BCUT2D eigenvalue weighted by Gasteiger charge is -2.19. The third kappa shape index (κ3) is 3.49. The maximum Gasteiger partial charge on any atom is 0.336 e. The highest BCUT2D eigenvalue weighted by molar-refractivity contribution is 6.33. The second kappa shape index (κ2) is 6.37. The van der Waals surface area contributed by atoms with E-state index in [2.05, 4.69) is 5.32 Å². The standard InChI is InChI=1S/C16H15Cl2NO2/c1-9-12(16(20)21)4-3-5-15(9)19-10(2)13-8-11(17)6-7-14(13)18/h3-8,10,19H,1-2H3,(H,20,21). The predicted molar refractivity (Wildman–Crippen MR) is 86.6 cm³/mol. The first-order valence-corrected chi connectivity index (χ1v) is 7.20. The molecule has 2 N–H and O–H groups in total. The van der Waals surface area contributed by atoms with Crippen LogP contribution >= 0.6 is 23.2 Å². The van der Waals surface area contributed by atoms with Gasteiger partial charge in [0, 0.05) is 15.7 Å². The van der Waals surface area contributed by atoms with E-state index < -0.39 is 5.97 Å². The normalized spacial score (nSPS) is 12.0. The van der Waals surface area contributed by atoms with Crippen LogP contribution in [0.3, 0.4) is 0 Å². The maximum absolute atomic E-state index is 11.2. The fraction of sp³-hybridized carbons (Fsp3) is 0.188. The van der Waals surface area contributed by atoms with Gasteiger partial charge in [-0.05, 0) is 55.3 Å². The third-order valence-corrected chi connectivity index (χ3v) is 3.94. The lowest BCUT2D eigenvalue weighted by atomic mass is 10.0. The van der Waals surface area contributed by atoms with Crippen molar-refractivity contribution in [2.45, 2.75) is 19.9 Å². The first kappa shape index (κ1) is 15.7. The molecule has 0 aliphatic carbocycles. The molecule has 2 aromatic carbocycles. The number of hydrogen-bond acceptors (Lipinski definition) is 2. The summed E-state index contributed by atoms with van der Waals surface area (Å²) in [6.07, 6.45) is 0. The van der Waals surface area contributed by atoms with Gasteiger partial charge < -0.3 is 10.4 Å². The molecule has 0 saturated carbocycles. The van der Waals surface area contributed by atoms with Crippen LogP contribution < -0.4 is 5.32 Å². The van der Waals surface area contributed by atoms with Gasteiger partial charge in [-0.2, -0.15) is 0 Å². The highest BCUT2D eigenvalue weighted by Gasteiger charge is 2.14. The number of halogens is 2. The minimum absolute atomic E-state index is 0.0982. The molecular formula is C16H15Cl2NO2. The molecule has 0 aliphatic rings. The predicted octanol–water partition coefficient (Wildman–Crippen LogP) is 5.17. The van der Waals surface area contributed by atoms with Crippen LogP contribution in [0.1, 0.15) is 34.5 Å². The molecule has 5 heteroatoms. The number of hydrogen-bond donors (Lipinski definition) is 2. The van der Waals surface area contributed by atoms with Crippen LogP contribution in [0, 0.1) is 6.92 Å². The van der Waals surface area contributed by atoms with E-state index in [0.717, 1.165) is 11.3 Å². The van der Waals surface area contributed by atoms with E-state index in [4.69, 9.17) is 28.3 Å². The zero-order valence-corrected chi connectivity index (χ0v) is 13.2. The number of nitrogens with one attached hydrogen (secondary N) is 1. The molecule has 0 aromatic heterocycles. The van der Waals surface area contributed by atoms with Crippen molar-refractivity contribution in [3.8, 4) is 0 Å². The summed E-state index contributed by atoms with van der Waals surface area (Å²) in [6.45, 7) is 3.72. The monoisotopic (exact) mass is 323 g/mol. The summed E-state index contributed by atoms with van der Waals surface area (Å²) in [7, 11) is 0. The van der Waals surface area contributed by atoms with Crippen LogP contribution in [-0.4, -0.2) is 11.1 Å². The number of benzene rings is 2. The SMILES string of the molecule is Cc1c(NC(C)c2cc(Cl)ccc2Cl)cccc1C(=O)O. The average molecular weight is 324 g/mol. The first-order chi connectivity index (χ1) is 9.90. The number of rotatable bonds is 4. The van der Waals surface area contributed by atoms with Crippen LogP contribution in [-0.2, 0) is 0 Å². The molecule has 21 heavy (non-hydrogen) atoms. The average Bonchev–Trinajstić information content (AvgIpc) is 2.43. The van der Waals surface area contributed by atoms with Crippen LogP contribution in [0.2, 0.25) is 10.0 Å². The molecule has 0 saturated heterocycles. The summed E-state index contributed by atoms with van der Waals surface area (Å²) in [6, 6.07) is 10.3. The molecule has 2 rings (SSSR count). The van der Waals surface area contributed by atoms with Gasteiger partial charge in [-0.3, -0.25) is 0 Å². The molecule has 3 nitrogen and oxygen atoms in total. The lowest BCUT2D eigenvalue weighted by molar-refractivity contribution is 0.0696. The smallest absolute Gasteiger partial charge is 0.336 e. The van der Waals surface area contributed by atoms with Crippen molar-refractivity contribution in [3.05, 3.63) is 63.1 Å². The van der Waals surface area contributed by atoms with Gasteiger partial charge in [0.1, 0.15) is 0 Å². The Labute approximate surface area is 133 Å². The Morgan fingerprint density at radius 1 is 1.24 bits per heavy atom. The molecule has 110 valence electrons. The van der Waals surface area contributed by atoms with Gasteiger partial charge in [0.05, 0.1) is 11.6 Å². The van der Waals surface area contributed by atoms with Crippen molar-refractivity contribution < 1.29 is 9.90 Å². The van der Waals surface area contributed by atoms with Crippen molar-refractivity contribution in [1.82, 2.24) is 0 Å². The number of carbonyl (C=O) groups is 1. The van der Waals surface area contributed by atoms with Crippen LogP contribution in [0.5, 0.6) is 0 Å². The molecule has 0 radical (unpaired) electrons.